The topological polar surface area (TPSA) is 51.8 Å². The van der Waals surface area contributed by atoms with Crippen LogP contribution in [0.4, 0.5) is 0 Å². The third-order valence-corrected chi connectivity index (χ3v) is 7.50. The van der Waals surface area contributed by atoms with Gasteiger partial charge >= 0.3 is 0 Å². The zero-order valence-electron chi connectivity index (χ0n) is 25.2. The van der Waals surface area contributed by atoms with E-state index in [1.807, 2.05) is 72.8 Å². The fourth-order valence-corrected chi connectivity index (χ4v) is 5.38. The molecule has 0 unspecified atom stereocenters. The summed E-state index contributed by atoms with van der Waals surface area (Å²) in [7, 11) is 0. The molecule has 0 aliphatic carbocycles. The van der Waals surface area contributed by atoms with Gasteiger partial charge in [-0.25, -0.2) is 4.98 Å². The summed E-state index contributed by atoms with van der Waals surface area (Å²) in [6, 6.07) is 40.8. The van der Waals surface area contributed by atoms with Crippen LogP contribution in [0.5, 0.6) is 0 Å². The fraction of sp³-hybridized carbons (Fsp3) is 0.154. The van der Waals surface area contributed by atoms with Crippen LogP contribution in [0.3, 0.4) is 0 Å². The molecule has 221 valence electrons. The van der Waals surface area contributed by atoms with Crippen molar-refractivity contribution in [2.45, 2.75) is 39.5 Å². The number of aromatic nitrogens is 3. The van der Waals surface area contributed by atoms with Gasteiger partial charge in [0.2, 0.25) is 5.71 Å². The molecule has 7 aromatic rings. The normalized spacial score (nSPS) is 11.0. The first-order valence-electron chi connectivity index (χ1n) is 14.7. The van der Waals surface area contributed by atoms with Crippen molar-refractivity contribution < 1.29 is 24.5 Å². The Labute approximate surface area is 272 Å². The van der Waals surface area contributed by atoms with Crippen LogP contribution in [-0.2, 0) is 20.1 Å². The largest absolute Gasteiger partial charge is 0.486 e. The van der Waals surface area contributed by atoms with Gasteiger partial charge < -0.3 is 14.4 Å². The standard InChI is InChI=1S/C28H25N2O.C11H8N.Ir/c1-17(2)19-9-7-10-20(18(3)4)26(19)25-15-14-22-21-11-8-12-23(24-13-5-6-16-29-24)27(21)31-28(22)30-25;1-2-6-10(7-3-1)11-8-4-5-9-12-11;/h5-11,13-18H,1-4H3;1-6,8-9H;/q2*-1;. The van der Waals surface area contributed by atoms with E-state index >= 15 is 0 Å². The summed E-state index contributed by atoms with van der Waals surface area (Å²) in [6.07, 6.45) is 3.58. The van der Waals surface area contributed by atoms with Gasteiger partial charge in [-0.05, 0) is 58.6 Å². The van der Waals surface area contributed by atoms with Crippen LogP contribution < -0.4 is 0 Å². The van der Waals surface area contributed by atoms with E-state index in [-0.39, 0.29) is 20.1 Å². The summed E-state index contributed by atoms with van der Waals surface area (Å²) in [5, 5.41) is 2.05. The van der Waals surface area contributed by atoms with Crippen molar-refractivity contribution in [2.75, 3.05) is 0 Å². The molecule has 0 atom stereocenters. The average Bonchev–Trinajstić information content (AvgIpc) is 3.44. The van der Waals surface area contributed by atoms with Crippen molar-refractivity contribution in [3.05, 3.63) is 139 Å². The van der Waals surface area contributed by atoms with E-state index in [0.717, 1.165) is 44.6 Å². The Bertz CT molecular complexity index is 1900. The minimum absolute atomic E-state index is 0. The number of hydrogen-bond acceptors (Lipinski definition) is 4. The molecule has 0 N–H and O–H groups in total. The number of pyridine rings is 3. The smallest absolute Gasteiger partial charge is 0.216 e. The molecule has 4 nitrogen and oxygen atoms in total. The first-order chi connectivity index (χ1) is 21.0. The first kappa shape index (κ1) is 31.0. The van der Waals surface area contributed by atoms with Crippen molar-refractivity contribution in [1.82, 2.24) is 15.0 Å². The van der Waals surface area contributed by atoms with Gasteiger partial charge in [0.25, 0.3) is 0 Å². The molecular formula is C39H33IrN3O-2. The van der Waals surface area contributed by atoms with Crippen molar-refractivity contribution in [3.63, 3.8) is 0 Å². The molecule has 0 fully saturated rings. The van der Waals surface area contributed by atoms with Crippen LogP contribution in [0.2, 0.25) is 0 Å². The number of furan rings is 1. The molecule has 4 aromatic heterocycles. The maximum Gasteiger partial charge on any atom is 0.216 e. The summed E-state index contributed by atoms with van der Waals surface area (Å²) < 4.78 is 6.32. The number of fused-ring (bicyclic) bond motifs is 3. The predicted octanol–water partition coefficient (Wildman–Crippen LogP) is 10.3. The molecule has 0 saturated heterocycles. The average molecular weight is 752 g/mol. The summed E-state index contributed by atoms with van der Waals surface area (Å²) in [5.74, 6) is 0.819. The molecule has 1 radical (unpaired) electrons. The molecule has 5 heteroatoms. The van der Waals surface area contributed by atoms with Crippen LogP contribution >= 0.6 is 0 Å². The minimum atomic E-state index is 0. The monoisotopic (exact) mass is 752 g/mol. The third-order valence-electron chi connectivity index (χ3n) is 7.50. The van der Waals surface area contributed by atoms with E-state index in [1.54, 1.807) is 12.4 Å². The number of rotatable bonds is 5. The quantitative estimate of drug-likeness (QED) is 0.164. The molecule has 0 saturated carbocycles. The predicted molar refractivity (Wildman–Crippen MR) is 176 cm³/mol. The SMILES string of the molecule is CC(C)c1cccc(C(C)C)c1-c1ccc2c(n1)oc1c(-c3ccccn3)[c-]ccc12.[Ir].[c-]1ccccc1-c1ccccn1. The van der Waals surface area contributed by atoms with Crippen molar-refractivity contribution in [1.29, 1.82) is 0 Å². The Morgan fingerprint density at radius 1 is 0.591 bits per heavy atom. The summed E-state index contributed by atoms with van der Waals surface area (Å²) in [5.41, 5.74) is 9.97. The van der Waals surface area contributed by atoms with E-state index in [4.69, 9.17) is 9.40 Å². The molecule has 0 amide bonds. The Morgan fingerprint density at radius 2 is 1.27 bits per heavy atom. The van der Waals surface area contributed by atoms with Gasteiger partial charge in [0, 0.05) is 43.4 Å². The third kappa shape index (κ3) is 6.40. The van der Waals surface area contributed by atoms with E-state index in [0.29, 0.717) is 17.5 Å². The Hall–Kier alpha value is -4.44. The van der Waals surface area contributed by atoms with Gasteiger partial charge in [0.05, 0.1) is 11.3 Å². The molecule has 0 aliphatic heterocycles. The van der Waals surface area contributed by atoms with Crippen LogP contribution in [0.15, 0.2) is 120 Å². The number of hydrogen-bond donors (Lipinski definition) is 0. The summed E-state index contributed by atoms with van der Waals surface area (Å²) >= 11 is 0. The minimum Gasteiger partial charge on any atom is -0.486 e. The number of benzene rings is 3. The second-order valence-corrected chi connectivity index (χ2v) is 11.1. The maximum absolute atomic E-state index is 6.32. The van der Waals surface area contributed by atoms with Crippen LogP contribution in [0, 0.1) is 12.1 Å². The maximum atomic E-state index is 6.32. The molecule has 3 aromatic carbocycles. The second-order valence-electron chi connectivity index (χ2n) is 11.1. The molecule has 7 rings (SSSR count). The van der Waals surface area contributed by atoms with Gasteiger partial charge in [0.15, 0.2) is 0 Å². The van der Waals surface area contributed by atoms with Crippen LogP contribution in [-0.4, -0.2) is 15.0 Å². The molecule has 44 heavy (non-hydrogen) atoms. The zero-order valence-corrected chi connectivity index (χ0v) is 27.6. The van der Waals surface area contributed by atoms with E-state index < -0.39 is 0 Å². The van der Waals surface area contributed by atoms with E-state index in [9.17, 15) is 0 Å². The number of nitrogens with zero attached hydrogens (tertiary/aromatic N) is 3. The molecule has 4 heterocycles. The summed E-state index contributed by atoms with van der Waals surface area (Å²) in [4.78, 5) is 13.7. The van der Waals surface area contributed by atoms with Crippen molar-refractivity contribution >= 4 is 22.1 Å². The molecule has 0 spiro atoms. The van der Waals surface area contributed by atoms with Gasteiger partial charge in [-0.3, -0.25) is 0 Å². The van der Waals surface area contributed by atoms with E-state index in [1.165, 1.54) is 16.7 Å². The Morgan fingerprint density at radius 3 is 1.89 bits per heavy atom. The van der Waals surface area contributed by atoms with Gasteiger partial charge in [-0.1, -0.05) is 81.1 Å². The van der Waals surface area contributed by atoms with Crippen LogP contribution in [0.1, 0.15) is 50.7 Å². The second kappa shape index (κ2) is 13.9. The van der Waals surface area contributed by atoms with Gasteiger partial charge in [-0.2, -0.15) is 0 Å². The van der Waals surface area contributed by atoms with Gasteiger partial charge in [0.1, 0.15) is 0 Å². The van der Waals surface area contributed by atoms with Crippen LogP contribution in [0.25, 0.3) is 55.8 Å². The van der Waals surface area contributed by atoms with Gasteiger partial charge in [-0.15, -0.1) is 54.1 Å². The van der Waals surface area contributed by atoms with Crippen molar-refractivity contribution in [3.8, 4) is 33.8 Å². The molecule has 0 bridgehead atoms. The molecular weight excluding hydrogens is 719 g/mol. The Kier molecular flexibility index (Phi) is 9.79. The first-order valence-corrected chi connectivity index (χ1v) is 14.7. The summed E-state index contributed by atoms with van der Waals surface area (Å²) in [6.45, 7) is 8.94. The fourth-order valence-electron chi connectivity index (χ4n) is 5.38. The van der Waals surface area contributed by atoms with E-state index in [2.05, 4.69) is 80.1 Å². The van der Waals surface area contributed by atoms with Crippen molar-refractivity contribution in [2.24, 2.45) is 0 Å². The molecule has 0 aliphatic rings. The zero-order chi connectivity index (χ0) is 29.8. The Balaban J connectivity index is 0.000000248.